The van der Waals surface area contributed by atoms with Crippen LogP contribution in [0.15, 0.2) is 48.5 Å². The van der Waals surface area contributed by atoms with E-state index in [-0.39, 0.29) is 0 Å². The van der Waals surface area contributed by atoms with Gasteiger partial charge in [-0.25, -0.2) is 4.98 Å². The second kappa shape index (κ2) is 5.35. The molecule has 0 radical (unpaired) electrons. The highest BCUT2D eigenvalue weighted by atomic mass is 15.2. The minimum Gasteiger partial charge on any atom is -0.329 e. The molecule has 3 rings (SSSR count). The van der Waals surface area contributed by atoms with Gasteiger partial charge in [-0.05, 0) is 30.7 Å². The average molecular weight is 266 g/mol. The fraction of sp³-hybridized carbons (Fsp3) is 0.188. The molecular formula is C16H18N4. The van der Waals surface area contributed by atoms with Crippen molar-refractivity contribution in [3.8, 4) is 0 Å². The Morgan fingerprint density at radius 3 is 2.65 bits per heavy atom. The van der Waals surface area contributed by atoms with Crippen molar-refractivity contribution in [1.29, 1.82) is 0 Å². The van der Waals surface area contributed by atoms with E-state index >= 15 is 0 Å². The molecule has 3 N–H and O–H groups in total. The third-order valence-corrected chi connectivity index (χ3v) is 3.40. The monoisotopic (exact) mass is 266 g/mol. The van der Waals surface area contributed by atoms with E-state index in [1.54, 1.807) is 0 Å². The molecular weight excluding hydrogens is 248 g/mol. The standard InChI is InChI=1S/C16H18N4/c1-12-6-2-3-7-13(12)18-16-19-14-8-4-5-9-15(14)20(16)11-10-17/h2-9H,10-11,17H2,1H3,(H,18,19). The van der Waals surface area contributed by atoms with Crippen LogP contribution >= 0.6 is 0 Å². The minimum atomic E-state index is 0.586. The van der Waals surface area contributed by atoms with Gasteiger partial charge in [0, 0.05) is 18.8 Å². The number of imidazole rings is 1. The van der Waals surface area contributed by atoms with Crippen molar-refractivity contribution in [3.63, 3.8) is 0 Å². The van der Waals surface area contributed by atoms with Crippen LogP contribution < -0.4 is 11.1 Å². The SMILES string of the molecule is Cc1ccccc1Nc1nc2ccccc2n1CCN. The highest BCUT2D eigenvalue weighted by Gasteiger charge is 2.10. The number of para-hydroxylation sites is 3. The maximum atomic E-state index is 5.73. The van der Waals surface area contributed by atoms with Crippen molar-refractivity contribution in [2.24, 2.45) is 5.73 Å². The van der Waals surface area contributed by atoms with Crippen LogP contribution in [-0.2, 0) is 6.54 Å². The van der Waals surface area contributed by atoms with Gasteiger partial charge >= 0.3 is 0 Å². The van der Waals surface area contributed by atoms with Gasteiger partial charge in [-0.3, -0.25) is 0 Å². The zero-order valence-corrected chi connectivity index (χ0v) is 11.5. The van der Waals surface area contributed by atoms with E-state index in [0.29, 0.717) is 6.54 Å². The first-order chi connectivity index (χ1) is 9.79. The van der Waals surface area contributed by atoms with Gasteiger partial charge in [0.05, 0.1) is 11.0 Å². The Morgan fingerprint density at radius 2 is 1.85 bits per heavy atom. The Labute approximate surface area is 118 Å². The first-order valence-electron chi connectivity index (χ1n) is 6.77. The lowest BCUT2D eigenvalue weighted by molar-refractivity contribution is 0.736. The summed E-state index contributed by atoms with van der Waals surface area (Å²) in [5, 5.41) is 3.41. The number of nitrogens with one attached hydrogen (secondary N) is 1. The molecule has 0 aliphatic heterocycles. The summed E-state index contributed by atoms with van der Waals surface area (Å²) >= 11 is 0. The maximum Gasteiger partial charge on any atom is 0.208 e. The van der Waals surface area contributed by atoms with E-state index < -0.39 is 0 Å². The first-order valence-corrected chi connectivity index (χ1v) is 6.77. The van der Waals surface area contributed by atoms with Gasteiger partial charge in [-0.2, -0.15) is 0 Å². The van der Waals surface area contributed by atoms with Crippen molar-refractivity contribution in [1.82, 2.24) is 9.55 Å². The Hall–Kier alpha value is -2.33. The molecule has 102 valence electrons. The lowest BCUT2D eigenvalue weighted by Gasteiger charge is -2.11. The van der Waals surface area contributed by atoms with E-state index in [1.807, 2.05) is 30.3 Å². The molecule has 0 saturated carbocycles. The third kappa shape index (κ3) is 2.26. The second-order valence-electron chi connectivity index (χ2n) is 4.80. The number of benzene rings is 2. The molecule has 0 spiro atoms. The van der Waals surface area contributed by atoms with Gasteiger partial charge in [0.25, 0.3) is 0 Å². The quantitative estimate of drug-likeness (QED) is 0.763. The fourth-order valence-corrected chi connectivity index (χ4v) is 2.36. The molecule has 0 fully saturated rings. The zero-order valence-electron chi connectivity index (χ0n) is 11.5. The van der Waals surface area contributed by atoms with Crippen LogP contribution in [-0.4, -0.2) is 16.1 Å². The lowest BCUT2D eigenvalue weighted by Crippen LogP contribution is -2.12. The minimum absolute atomic E-state index is 0.586. The number of nitrogens with two attached hydrogens (primary N) is 1. The average Bonchev–Trinajstić information content (AvgIpc) is 2.80. The maximum absolute atomic E-state index is 5.73. The van der Waals surface area contributed by atoms with Crippen LogP contribution in [0.2, 0.25) is 0 Å². The number of nitrogens with zero attached hydrogens (tertiary/aromatic N) is 2. The molecule has 0 saturated heterocycles. The highest BCUT2D eigenvalue weighted by molar-refractivity contribution is 5.79. The molecule has 0 bridgehead atoms. The number of hydrogen-bond donors (Lipinski definition) is 2. The highest BCUT2D eigenvalue weighted by Crippen LogP contribution is 2.24. The largest absolute Gasteiger partial charge is 0.329 e. The van der Waals surface area contributed by atoms with Crippen molar-refractivity contribution in [2.45, 2.75) is 13.5 Å². The van der Waals surface area contributed by atoms with Gasteiger partial charge in [-0.15, -0.1) is 0 Å². The summed E-state index contributed by atoms with van der Waals surface area (Å²) in [6.45, 7) is 3.41. The first kappa shape index (κ1) is 12.7. The number of aryl methyl sites for hydroxylation is 1. The number of fused-ring (bicyclic) bond motifs is 1. The Bertz CT molecular complexity index is 730. The van der Waals surface area contributed by atoms with Crippen molar-refractivity contribution in [2.75, 3.05) is 11.9 Å². The summed E-state index contributed by atoms with van der Waals surface area (Å²) in [4.78, 5) is 4.66. The van der Waals surface area contributed by atoms with Gasteiger partial charge < -0.3 is 15.6 Å². The molecule has 0 aliphatic rings. The van der Waals surface area contributed by atoms with Crippen molar-refractivity contribution >= 4 is 22.7 Å². The number of anilines is 2. The number of hydrogen-bond acceptors (Lipinski definition) is 3. The smallest absolute Gasteiger partial charge is 0.208 e. The van der Waals surface area contributed by atoms with Gasteiger partial charge in [-0.1, -0.05) is 30.3 Å². The van der Waals surface area contributed by atoms with Crippen LogP contribution in [0, 0.1) is 6.92 Å². The molecule has 3 aromatic rings. The fourth-order valence-electron chi connectivity index (χ4n) is 2.36. The van der Waals surface area contributed by atoms with E-state index in [2.05, 4.69) is 40.0 Å². The third-order valence-electron chi connectivity index (χ3n) is 3.40. The number of aromatic nitrogens is 2. The summed E-state index contributed by atoms with van der Waals surface area (Å²) in [5.74, 6) is 0.839. The lowest BCUT2D eigenvalue weighted by atomic mass is 10.2. The van der Waals surface area contributed by atoms with Crippen LogP contribution in [0.4, 0.5) is 11.6 Å². The molecule has 1 aromatic heterocycles. The van der Waals surface area contributed by atoms with Crippen LogP contribution in [0.3, 0.4) is 0 Å². The molecule has 0 amide bonds. The van der Waals surface area contributed by atoms with E-state index in [4.69, 9.17) is 5.73 Å². The van der Waals surface area contributed by atoms with Crippen molar-refractivity contribution < 1.29 is 0 Å². The summed E-state index contributed by atoms with van der Waals surface area (Å²) in [6.07, 6.45) is 0. The van der Waals surface area contributed by atoms with Crippen molar-refractivity contribution in [3.05, 3.63) is 54.1 Å². The van der Waals surface area contributed by atoms with Gasteiger partial charge in [0.2, 0.25) is 5.95 Å². The number of rotatable bonds is 4. The molecule has 0 aliphatic carbocycles. The topological polar surface area (TPSA) is 55.9 Å². The summed E-state index contributed by atoms with van der Waals surface area (Å²) in [7, 11) is 0. The molecule has 0 atom stereocenters. The molecule has 0 unspecified atom stereocenters. The van der Waals surface area contributed by atoms with Crippen LogP contribution in [0.1, 0.15) is 5.56 Å². The Balaban J connectivity index is 2.06. The Morgan fingerprint density at radius 1 is 1.10 bits per heavy atom. The van der Waals surface area contributed by atoms with Gasteiger partial charge in [0.1, 0.15) is 0 Å². The van der Waals surface area contributed by atoms with Crippen LogP contribution in [0.25, 0.3) is 11.0 Å². The van der Waals surface area contributed by atoms with E-state index in [9.17, 15) is 0 Å². The molecule has 4 heteroatoms. The van der Waals surface area contributed by atoms with E-state index in [0.717, 1.165) is 29.2 Å². The van der Waals surface area contributed by atoms with E-state index in [1.165, 1.54) is 5.56 Å². The predicted molar refractivity (Wildman–Crippen MR) is 83.2 cm³/mol. The second-order valence-corrected chi connectivity index (χ2v) is 4.80. The Kier molecular flexibility index (Phi) is 3.39. The van der Waals surface area contributed by atoms with Gasteiger partial charge in [0.15, 0.2) is 0 Å². The predicted octanol–water partition coefficient (Wildman–Crippen LogP) is 3.05. The molecule has 2 aromatic carbocycles. The van der Waals surface area contributed by atoms with Crippen LogP contribution in [0.5, 0.6) is 0 Å². The molecule has 20 heavy (non-hydrogen) atoms. The normalized spacial score (nSPS) is 10.9. The summed E-state index contributed by atoms with van der Waals surface area (Å²) in [5.41, 5.74) is 10.1. The zero-order chi connectivity index (χ0) is 13.9. The molecule has 4 nitrogen and oxygen atoms in total. The summed E-state index contributed by atoms with van der Waals surface area (Å²) in [6, 6.07) is 16.3. The summed E-state index contributed by atoms with van der Waals surface area (Å²) < 4.78 is 2.13. The molecule has 1 heterocycles.